The van der Waals surface area contributed by atoms with Gasteiger partial charge in [0.25, 0.3) is 0 Å². The zero-order valence-corrected chi connectivity index (χ0v) is 30.9. The minimum atomic E-state index is -4.41. The maximum atomic E-state index is 12.0. The average molecular weight is 688 g/mol. The number of phosphoric ester groups is 1. The molecule has 0 aromatic heterocycles. The van der Waals surface area contributed by atoms with Crippen molar-refractivity contribution in [1.29, 1.82) is 0 Å². The third-order valence-corrected chi connectivity index (χ3v) is 8.84. The van der Waals surface area contributed by atoms with Crippen LogP contribution in [-0.2, 0) is 27.9 Å². The number of esters is 1. The number of ether oxygens (including phenoxy) is 1. The maximum Gasteiger partial charge on any atom is 0.472 e. The molecular formula is C37H70NO8P. The zero-order chi connectivity index (χ0) is 34.7. The monoisotopic (exact) mass is 687 g/mol. The molecule has 3 N–H and O–H groups in total. The lowest BCUT2D eigenvalue weighted by molar-refractivity contribution is -0.147. The Hall–Kier alpha value is -1.51. The van der Waals surface area contributed by atoms with Crippen molar-refractivity contribution in [3.8, 4) is 0 Å². The van der Waals surface area contributed by atoms with Crippen molar-refractivity contribution < 1.29 is 37.9 Å². The zero-order valence-electron chi connectivity index (χ0n) is 30.0. The molecule has 276 valence electrons. The molecule has 0 saturated carbocycles. The summed E-state index contributed by atoms with van der Waals surface area (Å²) in [6.45, 7) is 3.48. The maximum absolute atomic E-state index is 12.0. The molecule has 0 aromatic rings. The van der Waals surface area contributed by atoms with E-state index in [2.05, 4.69) is 43.5 Å². The number of nitrogens with one attached hydrogen (secondary N) is 1. The van der Waals surface area contributed by atoms with E-state index < -0.39 is 26.5 Å². The highest BCUT2D eigenvalue weighted by Gasteiger charge is 2.23. The summed E-state index contributed by atoms with van der Waals surface area (Å²) in [5.41, 5.74) is 0. The minimum Gasteiger partial charge on any atom is -0.463 e. The van der Waals surface area contributed by atoms with Crippen molar-refractivity contribution in [2.75, 3.05) is 26.4 Å². The van der Waals surface area contributed by atoms with Gasteiger partial charge in [0.15, 0.2) is 0 Å². The lowest BCUT2D eigenvalue weighted by Gasteiger charge is -2.15. The van der Waals surface area contributed by atoms with E-state index in [9.17, 15) is 24.2 Å². The van der Waals surface area contributed by atoms with Crippen LogP contribution in [0, 0.1) is 0 Å². The lowest BCUT2D eigenvalue weighted by atomic mass is 10.1. The van der Waals surface area contributed by atoms with Gasteiger partial charge in [0.05, 0.1) is 13.2 Å². The molecule has 2 unspecified atom stereocenters. The van der Waals surface area contributed by atoms with Crippen LogP contribution in [0.15, 0.2) is 24.3 Å². The summed E-state index contributed by atoms with van der Waals surface area (Å²) in [6, 6.07) is 0. The number of rotatable bonds is 35. The normalized spacial score (nSPS) is 13.7. The topological polar surface area (TPSA) is 131 Å². The summed E-state index contributed by atoms with van der Waals surface area (Å²) in [6.07, 6.45) is 33.9. The number of aliphatic hydroxyl groups is 1. The summed E-state index contributed by atoms with van der Waals surface area (Å²) >= 11 is 0. The van der Waals surface area contributed by atoms with E-state index in [4.69, 9.17) is 13.8 Å². The quantitative estimate of drug-likeness (QED) is 0.0260. The number of allylic oxidation sites excluding steroid dienone is 4. The van der Waals surface area contributed by atoms with Gasteiger partial charge in [0, 0.05) is 19.4 Å². The summed E-state index contributed by atoms with van der Waals surface area (Å²) in [5.74, 6) is -0.535. The van der Waals surface area contributed by atoms with Gasteiger partial charge >= 0.3 is 13.8 Å². The number of amides is 1. The number of hydrogen-bond acceptors (Lipinski definition) is 7. The minimum absolute atomic E-state index is 0.0772. The molecule has 0 rings (SSSR count). The highest BCUT2D eigenvalue weighted by molar-refractivity contribution is 7.47. The van der Waals surface area contributed by atoms with Crippen LogP contribution in [0.3, 0.4) is 0 Å². The summed E-state index contributed by atoms with van der Waals surface area (Å²) in [4.78, 5) is 33.7. The molecule has 0 saturated heterocycles. The molecule has 0 spiro atoms. The average Bonchev–Trinajstić information content (AvgIpc) is 3.05. The standard InChI is InChI=1S/C37H70NO8P/c1-3-5-7-9-11-13-15-17-18-20-22-24-26-28-30-37(41)44-33-35(39)34-46-47(42,43)45-32-31-38-36(40)29-27-25-23-21-19-16-14-12-10-8-6-4-2/h12,14-15,17,35,39H,3-11,13,16,18-34H2,1-2H3,(H,38,40)(H,42,43)/b14-12-,17-15-. The Kier molecular flexibility index (Phi) is 33.3. The van der Waals surface area contributed by atoms with Crippen LogP contribution in [0.1, 0.15) is 168 Å². The van der Waals surface area contributed by atoms with Crippen molar-refractivity contribution in [3.63, 3.8) is 0 Å². The smallest absolute Gasteiger partial charge is 0.463 e. The molecule has 0 aliphatic rings. The van der Waals surface area contributed by atoms with E-state index in [0.29, 0.717) is 6.42 Å². The molecule has 47 heavy (non-hydrogen) atoms. The first-order chi connectivity index (χ1) is 22.8. The molecule has 0 radical (unpaired) electrons. The predicted molar refractivity (Wildman–Crippen MR) is 192 cm³/mol. The fraction of sp³-hybridized carbons (Fsp3) is 0.838. The fourth-order valence-electron chi connectivity index (χ4n) is 4.96. The number of phosphoric acid groups is 1. The Morgan fingerprint density at radius 3 is 1.64 bits per heavy atom. The summed E-state index contributed by atoms with van der Waals surface area (Å²) in [5, 5.41) is 12.6. The van der Waals surface area contributed by atoms with E-state index in [1.54, 1.807) is 0 Å². The second kappa shape index (κ2) is 34.4. The summed E-state index contributed by atoms with van der Waals surface area (Å²) < 4.78 is 26.7. The number of hydrogen-bond donors (Lipinski definition) is 3. The second-order valence-electron chi connectivity index (χ2n) is 12.5. The van der Waals surface area contributed by atoms with Crippen molar-refractivity contribution in [2.45, 2.75) is 174 Å². The Morgan fingerprint density at radius 2 is 1.09 bits per heavy atom. The highest BCUT2D eigenvalue weighted by Crippen LogP contribution is 2.42. The van der Waals surface area contributed by atoms with Gasteiger partial charge in [0.2, 0.25) is 5.91 Å². The van der Waals surface area contributed by atoms with Gasteiger partial charge in [-0.25, -0.2) is 4.57 Å². The van der Waals surface area contributed by atoms with E-state index in [1.165, 1.54) is 70.6 Å². The van der Waals surface area contributed by atoms with Gasteiger partial charge in [-0.05, 0) is 64.2 Å². The van der Waals surface area contributed by atoms with Gasteiger partial charge in [0.1, 0.15) is 12.7 Å². The van der Waals surface area contributed by atoms with E-state index in [0.717, 1.165) is 70.6 Å². The molecule has 0 bridgehead atoms. The van der Waals surface area contributed by atoms with E-state index >= 15 is 0 Å². The van der Waals surface area contributed by atoms with Crippen LogP contribution >= 0.6 is 7.82 Å². The molecular weight excluding hydrogens is 617 g/mol. The van der Waals surface area contributed by atoms with Crippen molar-refractivity contribution >= 4 is 19.7 Å². The van der Waals surface area contributed by atoms with Crippen LogP contribution in [0.25, 0.3) is 0 Å². The first-order valence-corrected chi connectivity index (χ1v) is 20.3. The van der Waals surface area contributed by atoms with Crippen LogP contribution in [0.4, 0.5) is 0 Å². The first kappa shape index (κ1) is 45.5. The molecule has 0 aromatic carbocycles. The lowest BCUT2D eigenvalue weighted by Crippen LogP contribution is -2.27. The SMILES string of the molecule is CCCCC/C=C\CCCCCCCC(=O)NCCOP(=O)(O)OCC(O)COC(=O)CCCCCCC/C=C\CCCCCCC. The van der Waals surface area contributed by atoms with Crippen LogP contribution in [0.5, 0.6) is 0 Å². The van der Waals surface area contributed by atoms with Crippen LogP contribution in [-0.4, -0.2) is 54.3 Å². The van der Waals surface area contributed by atoms with Crippen LogP contribution < -0.4 is 5.32 Å². The number of carbonyl (C=O) groups is 2. The first-order valence-electron chi connectivity index (χ1n) is 18.8. The molecule has 0 fully saturated rings. The largest absolute Gasteiger partial charge is 0.472 e. The van der Waals surface area contributed by atoms with Gasteiger partial charge in [-0.2, -0.15) is 0 Å². The fourth-order valence-corrected chi connectivity index (χ4v) is 5.71. The molecule has 0 aliphatic heterocycles. The summed E-state index contributed by atoms with van der Waals surface area (Å²) in [7, 11) is -4.41. The Balaban J connectivity index is 3.65. The van der Waals surface area contributed by atoms with E-state index in [1.807, 2.05) is 0 Å². The van der Waals surface area contributed by atoms with Gasteiger partial charge in [-0.3, -0.25) is 18.6 Å². The van der Waals surface area contributed by atoms with Gasteiger partial charge in [-0.15, -0.1) is 0 Å². The number of aliphatic hydroxyl groups excluding tert-OH is 1. The van der Waals surface area contributed by atoms with Crippen molar-refractivity contribution in [1.82, 2.24) is 5.32 Å². The van der Waals surface area contributed by atoms with Crippen LogP contribution in [0.2, 0.25) is 0 Å². The van der Waals surface area contributed by atoms with E-state index in [-0.39, 0.29) is 32.1 Å². The third-order valence-electron chi connectivity index (χ3n) is 7.85. The Labute approximate surface area is 287 Å². The highest BCUT2D eigenvalue weighted by atomic mass is 31.2. The van der Waals surface area contributed by atoms with Gasteiger partial charge < -0.3 is 20.1 Å². The molecule has 1 amide bonds. The van der Waals surface area contributed by atoms with Crippen molar-refractivity contribution in [2.24, 2.45) is 0 Å². The molecule has 10 heteroatoms. The second-order valence-corrected chi connectivity index (χ2v) is 14.0. The number of carbonyl (C=O) groups excluding carboxylic acids is 2. The van der Waals surface area contributed by atoms with Crippen molar-refractivity contribution in [3.05, 3.63) is 24.3 Å². The Morgan fingerprint density at radius 1 is 0.638 bits per heavy atom. The Bertz CT molecular complexity index is 835. The third kappa shape index (κ3) is 35.6. The van der Waals surface area contributed by atoms with Gasteiger partial charge in [-0.1, -0.05) is 115 Å². The molecule has 2 atom stereocenters. The molecule has 0 aliphatic carbocycles. The predicted octanol–water partition coefficient (Wildman–Crippen LogP) is 9.65. The molecule has 9 nitrogen and oxygen atoms in total. The molecule has 0 heterocycles. The number of unbranched alkanes of at least 4 members (excludes halogenated alkanes) is 18.